The van der Waals surface area contributed by atoms with Crippen molar-refractivity contribution >= 4 is 45.6 Å². The Hall–Kier alpha value is -2.74. The van der Waals surface area contributed by atoms with Gasteiger partial charge in [-0.2, -0.15) is 0 Å². The predicted molar refractivity (Wildman–Crippen MR) is 127 cm³/mol. The van der Waals surface area contributed by atoms with E-state index in [1.165, 1.54) is 21.8 Å². The molecular formula is C24H23ClN4O2S. The number of carbonyl (C=O) groups excluding carboxylic acids is 2. The molecule has 164 valence electrons. The highest BCUT2D eigenvalue weighted by Crippen LogP contribution is 2.33. The van der Waals surface area contributed by atoms with Crippen LogP contribution in [-0.4, -0.2) is 34.8 Å². The summed E-state index contributed by atoms with van der Waals surface area (Å²) < 4.78 is 0. The lowest BCUT2D eigenvalue weighted by molar-refractivity contribution is -0.122. The fraction of sp³-hybridized carbons (Fsp3) is 0.292. The number of hydrogen-bond donors (Lipinski definition) is 1. The molecule has 0 radical (unpaired) electrons. The van der Waals surface area contributed by atoms with Crippen LogP contribution in [0, 0.1) is 5.92 Å². The number of anilines is 2. The molecule has 0 aliphatic carbocycles. The van der Waals surface area contributed by atoms with Gasteiger partial charge in [0.25, 0.3) is 0 Å². The van der Waals surface area contributed by atoms with Crippen molar-refractivity contribution in [2.45, 2.75) is 25.9 Å². The number of hydrogen-bond acceptors (Lipinski definition) is 5. The van der Waals surface area contributed by atoms with Crippen LogP contribution in [-0.2, 0) is 29.1 Å². The molecule has 0 bridgehead atoms. The van der Waals surface area contributed by atoms with Crippen molar-refractivity contribution in [1.82, 2.24) is 9.88 Å². The fourth-order valence-electron chi connectivity index (χ4n) is 4.27. The first kappa shape index (κ1) is 21.1. The Kier molecular flexibility index (Phi) is 5.95. The molecule has 2 aliphatic rings. The molecule has 1 saturated heterocycles. The number of amides is 2. The van der Waals surface area contributed by atoms with E-state index in [9.17, 15) is 9.59 Å². The number of thiazole rings is 1. The maximum Gasteiger partial charge on any atom is 0.231 e. The van der Waals surface area contributed by atoms with Gasteiger partial charge in [-0.3, -0.25) is 14.5 Å². The maximum absolute atomic E-state index is 12.9. The zero-order chi connectivity index (χ0) is 22.1. The van der Waals surface area contributed by atoms with Crippen molar-refractivity contribution in [3.05, 3.63) is 75.8 Å². The summed E-state index contributed by atoms with van der Waals surface area (Å²) in [7, 11) is 0. The van der Waals surface area contributed by atoms with Crippen molar-refractivity contribution in [3.63, 3.8) is 0 Å². The van der Waals surface area contributed by atoms with Crippen molar-refractivity contribution in [1.29, 1.82) is 0 Å². The topological polar surface area (TPSA) is 65.5 Å². The minimum absolute atomic E-state index is 0.0896. The third kappa shape index (κ3) is 4.41. The van der Waals surface area contributed by atoms with Crippen molar-refractivity contribution in [3.8, 4) is 0 Å². The van der Waals surface area contributed by atoms with Crippen molar-refractivity contribution < 1.29 is 9.59 Å². The summed E-state index contributed by atoms with van der Waals surface area (Å²) in [4.78, 5) is 35.2. The monoisotopic (exact) mass is 466 g/mol. The molecule has 0 saturated carbocycles. The molecule has 2 aliphatic heterocycles. The number of fused-ring (bicyclic) bond motifs is 1. The highest BCUT2D eigenvalue weighted by molar-refractivity contribution is 7.15. The molecule has 1 N–H and O–H groups in total. The molecule has 1 aromatic heterocycles. The summed E-state index contributed by atoms with van der Waals surface area (Å²) in [5.41, 5.74) is 3.01. The van der Waals surface area contributed by atoms with Crippen LogP contribution in [0.25, 0.3) is 0 Å². The first-order chi connectivity index (χ1) is 15.6. The lowest BCUT2D eigenvalue weighted by Crippen LogP contribution is -2.29. The number of carbonyl (C=O) groups is 2. The van der Waals surface area contributed by atoms with Crippen LogP contribution >= 0.6 is 22.9 Å². The molecule has 3 aromatic rings. The summed E-state index contributed by atoms with van der Waals surface area (Å²) in [5, 5.41) is 4.08. The van der Waals surface area contributed by atoms with Gasteiger partial charge in [-0.1, -0.05) is 54.1 Å². The molecule has 5 rings (SSSR count). The Balaban J connectivity index is 1.22. The van der Waals surface area contributed by atoms with E-state index in [0.29, 0.717) is 22.4 Å². The molecule has 32 heavy (non-hydrogen) atoms. The van der Waals surface area contributed by atoms with Crippen molar-refractivity contribution in [2.24, 2.45) is 5.92 Å². The minimum Gasteiger partial charge on any atom is -0.310 e. The highest BCUT2D eigenvalue weighted by Gasteiger charge is 2.36. The van der Waals surface area contributed by atoms with Gasteiger partial charge in [0.15, 0.2) is 5.13 Å². The van der Waals surface area contributed by atoms with Gasteiger partial charge in [0.1, 0.15) is 0 Å². The van der Waals surface area contributed by atoms with Crippen LogP contribution in [0.15, 0.2) is 54.6 Å². The highest BCUT2D eigenvalue weighted by atomic mass is 35.5. The van der Waals surface area contributed by atoms with Gasteiger partial charge in [0, 0.05) is 43.9 Å². The minimum atomic E-state index is -0.422. The Labute approximate surface area is 195 Å². The predicted octanol–water partition coefficient (Wildman–Crippen LogP) is 4.35. The number of aromatic nitrogens is 1. The van der Waals surface area contributed by atoms with E-state index in [-0.39, 0.29) is 18.2 Å². The second-order valence-electron chi connectivity index (χ2n) is 8.18. The molecule has 8 heteroatoms. The maximum atomic E-state index is 12.9. The SMILES string of the molecule is O=C(Nc1nc2c(s1)CN(Cc1ccccc1)CC2)[C@@H]1CC(=O)N(c2ccccc2Cl)C1. The quantitative estimate of drug-likeness (QED) is 0.607. The zero-order valence-corrected chi connectivity index (χ0v) is 19.0. The summed E-state index contributed by atoms with van der Waals surface area (Å²) in [5.74, 6) is -0.678. The van der Waals surface area contributed by atoms with Gasteiger partial charge in [-0.05, 0) is 17.7 Å². The van der Waals surface area contributed by atoms with E-state index in [0.717, 1.165) is 31.7 Å². The molecule has 3 heterocycles. The molecular weight excluding hydrogens is 444 g/mol. The van der Waals surface area contributed by atoms with Gasteiger partial charge in [-0.25, -0.2) is 4.98 Å². The van der Waals surface area contributed by atoms with Gasteiger partial charge in [0.2, 0.25) is 11.8 Å². The lowest BCUT2D eigenvalue weighted by atomic mass is 10.1. The molecule has 2 amide bonds. The number of benzene rings is 2. The number of nitrogens with zero attached hydrogens (tertiary/aromatic N) is 3. The molecule has 0 unspecified atom stereocenters. The summed E-state index contributed by atoms with van der Waals surface area (Å²) in [6.45, 7) is 3.01. The van der Waals surface area contributed by atoms with E-state index in [2.05, 4.69) is 39.5 Å². The number of nitrogens with one attached hydrogen (secondary N) is 1. The van der Waals surface area contributed by atoms with Gasteiger partial charge in [-0.15, -0.1) is 11.3 Å². The lowest BCUT2D eigenvalue weighted by Gasteiger charge is -2.25. The van der Waals surface area contributed by atoms with Gasteiger partial charge < -0.3 is 10.2 Å². The van der Waals surface area contributed by atoms with E-state index < -0.39 is 5.92 Å². The largest absolute Gasteiger partial charge is 0.310 e. The number of para-hydroxylation sites is 1. The van der Waals surface area contributed by atoms with E-state index in [1.54, 1.807) is 17.0 Å². The Morgan fingerprint density at radius 2 is 1.94 bits per heavy atom. The molecule has 1 atom stereocenters. The smallest absolute Gasteiger partial charge is 0.231 e. The summed E-state index contributed by atoms with van der Waals surface area (Å²) in [6.07, 6.45) is 1.05. The third-order valence-electron chi connectivity index (χ3n) is 5.93. The first-order valence-corrected chi connectivity index (χ1v) is 11.9. The van der Waals surface area contributed by atoms with Gasteiger partial charge in [0.05, 0.1) is 22.3 Å². The fourth-order valence-corrected chi connectivity index (χ4v) is 5.56. The number of halogens is 1. The summed E-state index contributed by atoms with van der Waals surface area (Å²) >= 11 is 7.77. The van der Waals surface area contributed by atoms with Crippen LogP contribution in [0.1, 0.15) is 22.6 Å². The third-order valence-corrected chi connectivity index (χ3v) is 7.25. The van der Waals surface area contributed by atoms with Crippen LogP contribution in [0.4, 0.5) is 10.8 Å². The normalized spacial score (nSPS) is 18.6. The second kappa shape index (κ2) is 9.02. The van der Waals surface area contributed by atoms with Crippen LogP contribution in [0.3, 0.4) is 0 Å². The molecule has 2 aromatic carbocycles. The molecule has 1 fully saturated rings. The molecule has 6 nitrogen and oxygen atoms in total. The number of rotatable bonds is 5. The average Bonchev–Trinajstić information content (AvgIpc) is 3.37. The van der Waals surface area contributed by atoms with Crippen LogP contribution < -0.4 is 10.2 Å². The second-order valence-corrected chi connectivity index (χ2v) is 9.67. The Morgan fingerprint density at radius 3 is 2.75 bits per heavy atom. The van der Waals surface area contributed by atoms with Crippen LogP contribution in [0.2, 0.25) is 5.02 Å². The average molecular weight is 467 g/mol. The Bertz CT molecular complexity index is 1150. The van der Waals surface area contributed by atoms with Crippen LogP contribution in [0.5, 0.6) is 0 Å². The van der Waals surface area contributed by atoms with E-state index >= 15 is 0 Å². The van der Waals surface area contributed by atoms with Gasteiger partial charge >= 0.3 is 0 Å². The standard InChI is InChI=1S/C24H23ClN4O2S/c25-18-8-4-5-9-20(18)29-14-17(12-22(29)30)23(31)27-24-26-19-10-11-28(15-21(19)32-24)13-16-6-2-1-3-7-16/h1-9,17H,10-15H2,(H,26,27,31)/t17-/m1/s1. The zero-order valence-electron chi connectivity index (χ0n) is 17.5. The molecule has 0 spiro atoms. The van der Waals surface area contributed by atoms with E-state index in [4.69, 9.17) is 11.6 Å². The van der Waals surface area contributed by atoms with E-state index in [1.807, 2.05) is 18.2 Å². The van der Waals surface area contributed by atoms with Crippen molar-refractivity contribution in [2.75, 3.05) is 23.3 Å². The Morgan fingerprint density at radius 1 is 1.16 bits per heavy atom. The first-order valence-electron chi connectivity index (χ1n) is 10.7. The summed E-state index contributed by atoms with van der Waals surface area (Å²) in [6, 6.07) is 17.6.